The molecule has 0 bridgehead atoms. The van der Waals surface area contributed by atoms with Crippen LogP contribution in [0.15, 0.2) is 9.85 Å². The van der Waals surface area contributed by atoms with Gasteiger partial charge in [-0.3, -0.25) is 0 Å². The first-order valence-corrected chi connectivity index (χ1v) is 6.28. The third-order valence-corrected chi connectivity index (χ3v) is 3.50. The van der Waals surface area contributed by atoms with Crippen LogP contribution in [0.1, 0.15) is 38.2 Å². The molecule has 0 saturated heterocycles. The topological polar surface area (TPSA) is 0 Å². The van der Waals surface area contributed by atoms with Crippen molar-refractivity contribution >= 4 is 27.3 Å². The van der Waals surface area contributed by atoms with E-state index >= 15 is 0 Å². The quantitative estimate of drug-likeness (QED) is 0.672. The van der Waals surface area contributed by atoms with Crippen LogP contribution in [0.3, 0.4) is 0 Å². The van der Waals surface area contributed by atoms with E-state index < -0.39 is 0 Å². The summed E-state index contributed by atoms with van der Waals surface area (Å²) in [5.74, 6) is 0. The van der Waals surface area contributed by atoms with Crippen LogP contribution in [-0.4, -0.2) is 0 Å². The molecule has 0 aliphatic rings. The van der Waals surface area contributed by atoms with Crippen molar-refractivity contribution in [3.63, 3.8) is 0 Å². The van der Waals surface area contributed by atoms with Gasteiger partial charge < -0.3 is 0 Å². The lowest BCUT2D eigenvalue weighted by Gasteiger charge is -1.97. The summed E-state index contributed by atoms with van der Waals surface area (Å²) in [6, 6.07) is 1.89. The van der Waals surface area contributed by atoms with E-state index in [0.29, 0.717) is 0 Å². The van der Waals surface area contributed by atoms with Crippen molar-refractivity contribution in [2.75, 3.05) is 0 Å². The number of thiophene rings is 1. The number of unbranched alkanes of at least 4 members (excludes halogenated alkanes) is 3. The van der Waals surface area contributed by atoms with Crippen LogP contribution >= 0.6 is 27.3 Å². The Kier molecular flexibility index (Phi) is 4.96. The maximum absolute atomic E-state index is 13.1. The van der Waals surface area contributed by atoms with Gasteiger partial charge in [0.25, 0.3) is 0 Å². The second kappa shape index (κ2) is 5.76. The van der Waals surface area contributed by atoms with E-state index in [1.807, 2.05) is 6.07 Å². The van der Waals surface area contributed by atoms with Crippen molar-refractivity contribution in [3.8, 4) is 0 Å². The SMILES string of the molecule is CCCCCCc1cc(Br)sc1F. The highest BCUT2D eigenvalue weighted by Crippen LogP contribution is 2.26. The average molecular weight is 265 g/mol. The molecule has 0 atom stereocenters. The molecule has 0 radical (unpaired) electrons. The highest BCUT2D eigenvalue weighted by molar-refractivity contribution is 9.11. The summed E-state index contributed by atoms with van der Waals surface area (Å²) in [5, 5.41) is -0.0247. The molecule has 0 aliphatic carbocycles. The second-order valence-electron chi connectivity index (χ2n) is 3.16. The molecule has 0 saturated carbocycles. The molecule has 0 unspecified atom stereocenters. The summed E-state index contributed by atoms with van der Waals surface area (Å²) in [7, 11) is 0. The summed E-state index contributed by atoms with van der Waals surface area (Å²) in [6.45, 7) is 2.18. The molecule has 74 valence electrons. The third-order valence-electron chi connectivity index (χ3n) is 2.03. The lowest BCUT2D eigenvalue weighted by atomic mass is 10.1. The maximum Gasteiger partial charge on any atom is 0.180 e. The Morgan fingerprint density at radius 1 is 1.38 bits per heavy atom. The van der Waals surface area contributed by atoms with Crippen molar-refractivity contribution in [2.24, 2.45) is 0 Å². The predicted octanol–water partition coefficient (Wildman–Crippen LogP) is 4.77. The zero-order valence-electron chi connectivity index (χ0n) is 7.78. The predicted molar refractivity (Wildman–Crippen MR) is 59.8 cm³/mol. The van der Waals surface area contributed by atoms with Crippen molar-refractivity contribution in [3.05, 3.63) is 20.5 Å². The lowest BCUT2D eigenvalue weighted by molar-refractivity contribution is 0.617. The molecule has 1 aromatic rings. The van der Waals surface area contributed by atoms with E-state index in [4.69, 9.17) is 0 Å². The van der Waals surface area contributed by atoms with Gasteiger partial charge in [0.2, 0.25) is 0 Å². The van der Waals surface area contributed by atoms with Gasteiger partial charge in [-0.1, -0.05) is 37.5 Å². The minimum atomic E-state index is -0.0247. The van der Waals surface area contributed by atoms with E-state index in [2.05, 4.69) is 22.9 Å². The van der Waals surface area contributed by atoms with Crippen molar-refractivity contribution < 1.29 is 4.39 Å². The molecule has 0 amide bonds. The van der Waals surface area contributed by atoms with E-state index in [-0.39, 0.29) is 5.13 Å². The fraction of sp³-hybridized carbons (Fsp3) is 0.600. The first-order chi connectivity index (χ1) is 6.24. The summed E-state index contributed by atoms with van der Waals surface area (Å²) >= 11 is 4.47. The Bertz CT molecular complexity index is 257. The Balaban J connectivity index is 2.32. The summed E-state index contributed by atoms with van der Waals surface area (Å²) < 4.78 is 14.0. The summed E-state index contributed by atoms with van der Waals surface area (Å²) in [5.41, 5.74) is 0.868. The van der Waals surface area contributed by atoms with Crippen LogP contribution in [0.4, 0.5) is 4.39 Å². The molecule has 1 heterocycles. The highest BCUT2D eigenvalue weighted by atomic mass is 79.9. The average Bonchev–Trinajstić information content (AvgIpc) is 2.39. The molecule has 0 aliphatic heterocycles. The number of hydrogen-bond acceptors (Lipinski definition) is 1. The van der Waals surface area contributed by atoms with Crippen LogP contribution < -0.4 is 0 Å². The number of halogens is 2. The Labute approximate surface area is 91.3 Å². The fourth-order valence-electron chi connectivity index (χ4n) is 1.29. The van der Waals surface area contributed by atoms with Gasteiger partial charge in [0.05, 0.1) is 3.79 Å². The minimum Gasteiger partial charge on any atom is -0.195 e. The fourth-order valence-corrected chi connectivity index (χ4v) is 2.65. The zero-order valence-corrected chi connectivity index (χ0v) is 10.2. The minimum absolute atomic E-state index is 0.0247. The van der Waals surface area contributed by atoms with Crippen LogP contribution in [0, 0.1) is 5.13 Å². The molecule has 0 aromatic carbocycles. The Morgan fingerprint density at radius 2 is 2.15 bits per heavy atom. The standard InChI is InChI=1S/C10H14BrFS/c1-2-3-4-5-6-8-7-9(11)13-10(8)12/h7H,2-6H2,1H3. The van der Waals surface area contributed by atoms with Crippen LogP contribution in [0.25, 0.3) is 0 Å². The molecule has 0 N–H and O–H groups in total. The van der Waals surface area contributed by atoms with E-state index in [0.717, 1.165) is 22.2 Å². The third kappa shape index (κ3) is 3.77. The van der Waals surface area contributed by atoms with E-state index in [9.17, 15) is 4.39 Å². The van der Waals surface area contributed by atoms with Crippen LogP contribution in [0.2, 0.25) is 0 Å². The molecule has 1 rings (SSSR count). The molecule has 0 spiro atoms. The molecular formula is C10H14BrFS. The molecule has 13 heavy (non-hydrogen) atoms. The van der Waals surface area contributed by atoms with E-state index in [1.165, 1.54) is 30.6 Å². The summed E-state index contributed by atoms with van der Waals surface area (Å²) in [6.07, 6.45) is 5.69. The first-order valence-electron chi connectivity index (χ1n) is 4.67. The number of aryl methyl sites for hydroxylation is 1. The smallest absolute Gasteiger partial charge is 0.180 e. The van der Waals surface area contributed by atoms with E-state index in [1.54, 1.807) is 0 Å². The largest absolute Gasteiger partial charge is 0.195 e. The lowest BCUT2D eigenvalue weighted by Crippen LogP contribution is -1.85. The van der Waals surface area contributed by atoms with Gasteiger partial charge in [0.15, 0.2) is 5.13 Å². The monoisotopic (exact) mass is 264 g/mol. The normalized spacial score (nSPS) is 10.7. The number of rotatable bonds is 5. The Morgan fingerprint density at radius 3 is 2.69 bits per heavy atom. The molecule has 0 fully saturated rings. The van der Waals surface area contributed by atoms with Gasteiger partial charge >= 0.3 is 0 Å². The molecule has 1 aromatic heterocycles. The van der Waals surface area contributed by atoms with Gasteiger partial charge in [0, 0.05) is 5.56 Å². The van der Waals surface area contributed by atoms with Gasteiger partial charge in [-0.15, -0.1) is 0 Å². The second-order valence-corrected chi connectivity index (χ2v) is 5.54. The van der Waals surface area contributed by atoms with Gasteiger partial charge in [-0.2, -0.15) is 4.39 Å². The van der Waals surface area contributed by atoms with Crippen molar-refractivity contribution in [1.29, 1.82) is 0 Å². The first kappa shape index (κ1) is 11.2. The zero-order chi connectivity index (χ0) is 9.68. The van der Waals surface area contributed by atoms with Gasteiger partial charge in [-0.25, -0.2) is 0 Å². The highest BCUT2D eigenvalue weighted by Gasteiger charge is 2.05. The molecular weight excluding hydrogens is 251 g/mol. The van der Waals surface area contributed by atoms with Crippen LogP contribution in [0.5, 0.6) is 0 Å². The van der Waals surface area contributed by atoms with Crippen molar-refractivity contribution in [1.82, 2.24) is 0 Å². The number of hydrogen-bond donors (Lipinski definition) is 0. The summed E-state index contributed by atoms with van der Waals surface area (Å²) in [4.78, 5) is 0. The Hall–Kier alpha value is 0.110. The van der Waals surface area contributed by atoms with Crippen LogP contribution in [-0.2, 0) is 6.42 Å². The van der Waals surface area contributed by atoms with Crippen molar-refractivity contribution in [2.45, 2.75) is 39.0 Å². The van der Waals surface area contributed by atoms with Gasteiger partial charge in [0.1, 0.15) is 0 Å². The molecule has 0 nitrogen and oxygen atoms in total. The van der Waals surface area contributed by atoms with Gasteiger partial charge in [-0.05, 0) is 34.8 Å². The maximum atomic E-state index is 13.1. The molecule has 3 heteroatoms.